The fourth-order valence-electron chi connectivity index (χ4n) is 2.90. The van der Waals surface area contributed by atoms with Crippen molar-refractivity contribution < 1.29 is 9.18 Å². The smallest absolute Gasteiger partial charge is 0.233 e. The van der Waals surface area contributed by atoms with E-state index >= 15 is 0 Å². The molecule has 1 aliphatic rings. The number of hydrogen-bond acceptors (Lipinski definition) is 5. The first kappa shape index (κ1) is 19.1. The van der Waals surface area contributed by atoms with Crippen molar-refractivity contribution in [3.8, 4) is 0 Å². The molecule has 0 unspecified atom stereocenters. The summed E-state index contributed by atoms with van der Waals surface area (Å²) in [6.07, 6.45) is 0. The number of rotatable bonds is 6. The lowest BCUT2D eigenvalue weighted by Gasteiger charge is -2.36. The SMILES string of the molecule is C=C(Nc1ccccc1N)SCC(=O)N1CCN(c2ccc(F)cc2)CC1. The van der Waals surface area contributed by atoms with Gasteiger partial charge < -0.3 is 20.9 Å². The number of anilines is 3. The number of nitrogens with one attached hydrogen (secondary N) is 1. The van der Waals surface area contributed by atoms with E-state index in [2.05, 4.69) is 16.8 Å². The van der Waals surface area contributed by atoms with Crippen LogP contribution >= 0.6 is 11.8 Å². The van der Waals surface area contributed by atoms with Crippen LogP contribution in [0.5, 0.6) is 0 Å². The molecule has 1 fully saturated rings. The molecule has 0 radical (unpaired) electrons. The van der Waals surface area contributed by atoms with Crippen molar-refractivity contribution >= 4 is 34.7 Å². The first-order chi connectivity index (χ1) is 13.0. The molecule has 0 spiro atoms. The number of nitrogens with two attached hydrogens (primary N) is 1. The van der Waals surface area contributed by atoms with Gasteiger partial charge in [0, 0.05) is 31.9 Å². The molecule has 5 nitrogen and oxygen atoms in total. The van der Waals surface area contributed by atoms with Crippen LogP contribution in [0.2, 0.25) is 0 Å². The van der Waals surface area contributed by atoms with Crippen LogP contribution in [0.4, 0.5) is 21.5 Å². The minimum atomic E-state index is -0.240. The average molecular weight is 386 g/mol. The zero-order valence-corrected chi connectivity index (χ0v) is 15.8. The Morgan fingerprint density at radius 1 is 1.11 bits per heavy atom. The molecule has 1 amide bonds. The average Bonchev–Trinajstić information content (AvgIpc) is 2.69. The third-order valence-corrected chi connectivity index (χ3v) is 5.27. The minimum absolute atomic E-state index is 0.0859. The second-order valence-electron chi connectivity index (χ2n) is 6.27. The lowest BCUT2D eigenvalue weighted by molar-refractivity contribution is -0.128. The Morgan fingerprint density at radius 3 is 2.44 bits per heavy atom. The molecule has 2 aromatic carbocycles. The highest BCUT2D eigenvalue weighted by Gasteiger charge is 2.21. The highest BCUT2D eigenvalue weighted by atomic mass is 32.2. The summed E-state index contributed by atoms with van der Waals surface area (Å²) in [4.78, 5) is 16.5. The first-order valence-electron chi connectivity index (χ1n) is 8.74. The Balaban J connectivity index is 1.43. The van der Waals surface area contributed by atoms with Crippen LogP contribution in [-0.2, 0) is 4.79 Å². The summed E-state index contributed by atoms with van der Waals surface area (Å²) in [5.74, 6) is 0.174. The molecule has 27 heavy (non-hydrogen) atoms. The monoisotopic (exact) mass is 386 g/mol. The molecule has 0 atom stereocenters. The van der Waals surface area contributed by atoms with E-state index in [9.17, 15) is 9.18 Å². The van der Waals surface area contributed by atoms with Gasteiger partial charge in [0.25, 0.3) is 0 Å². The normalized spacial score (nSPS) is 14.1. The quantitative estimate of drug-likeness (QED) is 0.746. The number of nitrogens with zero attached hydrogens (tertiary/aromatic N) is 2. The molecule has 0 saturated carbocycles. The minimum Gasteiger partial charge on any atom is -0.397 e. The number of nitrogen functional groups attached to an aromatic ring is 1. The number of benzene rings is 2. The zero-order chi connectivity index (χ0) is 19.2. The number of carbonyl (C=O) groups excluding carboxylic acids is 1. The summed E-state index contributed by atoms with van der Waals surface area (Å²) < 4.78 is 13.0. The lowest BCUT2D eigenvalue weighted by atomic mass is 10.2. The van der Waals surface area contributed by atoms with Crippen molar-refractivity contribution in [1.82, 2.24) is 4.90 Å². The van der Waals surface area contributed by atoms with Crippen molar-refractivity contribution in [2.24, 2.45) is 0 Å². The Hall–Kier alpha value is -2.67. The van der Waals surface area contributed by atoms with E-state index in [0.29, 0.717) is 29.6 Å². The van der Waals surface area contributed by atoms with Crippen LogP contribution in [-0.4, -0.2) is 42.7 Å². The van der Waals surface area contributed by atoms with Gasteiger partial charge in [-0.2, -0.15) is 0 Å². The molecule has 1 aliphatic heterocycles. The van der Waals surface area contributed by atoms with Crippen LogP contribution < -0.4 is 16.0 Å². The first-order valence-corrected chi connectivity index (χ1v) is 9.73. The molecule has 0 bridgehead atoms. The molecule has 0 aromatic heterocycles. The Labute approximate surface area is 163 Å². The predicted molar refractivity (Wildman–Crippen MR) is 111 cm³/mol. The molecular weight excluding hydrogens is 363 g/mol. The van der Waals surface area contributed by atoms with Crippen molar-refractivity contribution in [2.75, 3.05) is 47.9 Å². The number of carbonyl (C=O) groups is 1. The third-order valence-electron chi connectivity index (χ3n) is 4.43. The van der Waals surface area contributed by atoms with Gasteiger partial charge in [0.05, 0.1) is 22.2 Å². The maximum absolute atomic E-state index is 13.0. The summed E-state index contributed by atoms with van der Waals surface area (Å²) in [7, 11) is 0. The van der Waals surface area contributed by atoms with Crippen LogP contribution in [0.3, 0.4) is 0 Å². The van der Waals surface area contributed by atoms with Gasteiger partial charge in [-0.15, -0.1) is 0 Å². The highest BCUT2D eigenvalue weighted by Crippen LogP contribution is 2.23. The number of para-hydroxylation sites is 2. The maximum atomic E-state index is 13.0. The zero-order valence-electron chi connectivity index (χ0n) is 15.0. The molecule has 142 valence electrons. The van der Waals surface area contributed by atoms with Crippen LogP contribution in [0.25, 0.3) is 0 Å². The van der Waals surface area contributed by atoms with E-state index in [0.717, 1.165) is 24.5 Å². The maximum Gasteiger partial charge on any atom is 0.233 e. The molecule has 7 heteroatoms. The van der Waals surface area contributed by atoms with Gasteiger partial charge in [0.2, 0.25) is 5.91 Å². The molecule has 2 aromatic rings. The lowest BCUT2D eigenvalue weighted by Crippen LogP contribution is -2.49. The molecule has 1 saturated heterocycles. The number of hydrogen-bond donors (Lipinski definition) is 2. The van der Waals surface area contributed by atoms with Crippen molar-refractivity contribution in [2.45, 2.75) is 0 Å². The van der Waals surface area contributed by atoms with Crippen molar-refractivity contribution in [3.63, 3.8) is 0 Å². The highest BCUT2D eigenvalue weighted by molar-refractivity contribution is 8.03. The molecule has 0 aliphatic carbocycles. The second kappa shape index (κ2) is 8.81. The Bertz CT molecular complexity index is 804. The molecule has 1 heterocycles. The van der Waals surface area contributed by atoms with E-state index in [1.807, 2.05) is 29.2 Å². The fraction of sp³-hybridized carbons (Fsp3) is 0.250. The van der Waals surface area contributed by atoms with E-state index in [1.54, 1.807) is 12.1 Å². The Morgan fingerprint density at radius 2 is 1.78 bits per heavy atom. The van der Waals surface area contributed by atoms with Gasteiger partial charge in [-0.1, -0.05) is 30.5 Å². The van der Waals surface area contributed by atoms with Gasteiger partial charge in [-0.05, 0) is 36.4 Å². The Kier molecular flexibility index (Phi) is 6.24. The number of amides is 1. The second-order valence-corrected chi connectivity index (χ2v) is 7.34. The predicted octanol–water partition coefficient (Wildman–Crippen LogP) is 3.37. The summed E-state index contributed by atoms with van der Waals surface area (Å²) in [6, 6.07) is 13.9. The molecular formula is C20H23FN4OS. The van der Waals surface area contributed by atoms with E-state index in [-0.39, 0.29) is 11.7 Å². The number of halogens is 1. The van der Waals surface area contributed by atoms with Gasteiger partial charge in [-0.25, -0.2) is 4.39 Å². The van der Waals surface area contributed by atoms with Gasteiger partial charge in [0.1, 0.15) is 5.82 Å². The largest absolute Gasteiger partial charge is 0.397 e. The summed E-state index contributed by atoms with van der Waals surface area (Å²) in [5.41, 5.74) is 8.31. The number of piperazine rings is 1. The topological polar surface area (TPSA) is 61.6 Å². The number of thioether (sulfide) groups is 1. The third kappa shape index (κ3) is 5.17. The summed E-state index contributed by atoms with van der Waals surface area (Å²) in [5, 5.41) is 3.82. The van der Waals surface area contributed by atoms with E-state index in [1.165, 1.54) is 23.9 Å². The van der Waals surface area contributed by atoms with Gasteiger partial charge >= 0.3 is 0 Å². The van der Waals surface area contributed by atoms with Crippen LogP contribution in [0.1, 0.15) is 0 Å². The summed E-state index contributed by atoms with van der Waals surface area (Å²) >= 11 is 1.37. The molecule has 3 N–H and O–H groups in total. The van der Waals surface area contributed by atoms with E-state index in [4.69, 9.17) is 5.73 Å². The van der Waals surface area contributed by atoms with Crippen molar-refractivity contribution in [1.29, 1.82) is 0 Å². The fourth-order valence-corrected chi connectivity index (χ4v) is 3.57. The molecule has 3 rings (SSSR count). The van der Waals surface area contributed by atoms with Gasteiger partial charge in [-0.3, -0.25) is 4.79 Å². The van der Waals surface area contributed by atoms with Crippen LogP contribution in [0.15, 0.2) is 60.1 Å². The standard InChI is InChI=1S/C20H23FN4OS/c1-15(23-19-5-3-2-4-18(19)22)27-14-20(26)25-12-10-24(11-13-25)17-8-6-16(21)7-9-17/h2-9,23H,1,10-14,22H2. The van der Waals surface area contributed by atoms with Crippen molar-refractivity contribution in [3.05, 3.63) is 66.0 Å². The van der Waals surface area contributed by atoms with Crippen LogP contribution in [0, 0.1) is 5.82 Å². The van der Waals surface area contributed by atoms with Gasteiger partial charge in [0.15, 0.2) is 0 Å². The summed E-state index contributed by atoms with van der Waals surface area (Å²) in [6.45, 7) is 6.74. The van der Waals surface area contributed by atoms with E-state index < -0.39 is 0 Å².